The number of amides is 1. The number of carbonyl (C=O) groups is 1. The van der Waals surface area contributed by atoms with Crippen molar-refractivity contribution in [2.75, 3.05) is 12.3 Å². The maximum atomic E-state index is 12.1. The summed E-state index contributed by atoms with van der Waals surface area (Å²) in [6.07, 6.45) is 2.28. The molecule has 0 fully saturated rings. The van der Waals surface area contributed by atoms with Crippen LogP contribution in [0.4, 0.5) is 5.69 Å². The zero-order chi connectivity index (χ0) is 15.5. The molecule has 2 heterocycles. The number of nitrogens with zero attached hydrogens (tertiary/aromatic N) is 2. The summed E-state index contributed by atoms with van der Waals surface area (Å²) in [5.41, 5.74) is 7.78. The summed E-state index contributed by atoms with van der Waals surface area (Å²) in [6.45, 7) is 2.34. The first-order valence-electron chi connectivity index (χ1n) is 6.98. The lowest BCUT2D eigenvalue weighted by Gasteiger charge is -2.03. The molecule has 6 heteroatoms. The molecule has 0 unspecified atom stereocenters. The van der Waals surface area contributed by atoms with Gasteiger partial charge in [0.2, 0.25) is 0 Å². The minimum atomic E-state index is -0.275. The molecular weight excluding hydrogens is 280 g/mol. The molecule has 0 bridgehead atoms. The zero-order valence-corrected chi connectivity index (χ0v) is 12.2. The van der Waals surface area contributed by atoms with E-state index in [1.807, 2.05) is 25.1 Å². The summed E-state index contributed by atoms with van der Waals surface area (Å²) in [5, 5.41) is 3.61. The number of furan rings is 1. The van der Waals surface area contributed by atoms with Crippen LogP contribution in [0, 0.1) is 6.92 Å². The number of nitrogen functional groups attached to an aromatic ring is 1. The van der Waals surface area contributed by atoms with Crippen molar-refractivity contribution in [2.45, 2.75) is 13.3 Å². The molecule has 0 aliphatic rings. The lowest BCUT2D eigenvalue weighted by molar-refractivity contribution is 0.0928. The number of nitrogens with two attached hydrogens (primary N) is 1. The highest BCUT2D eigenvalue weighted by Gasteiger charge is 2.13. The average Bonchev–Trinajstić information content (AvgIpc) is 2.93. The van der Waals surface area contributed by atoms with Gasteiger partial charge in [-0.05, 0) is 25.1 Å². The Labute approximate surface area is 127 Å². The number of carbonyl (C=O) groups excluding carboxylic acids is 1. The largest absolute Gasteiger partial charge is 0.449 e. The van der Waals surface area contributed by atoms with Crippen LogP contribution in [0.3, 0.4) is 0 Å². The van der Waals surface area contributed by atoms with E-state index in [0.29, 0.717) is 30.1 Å². The lowest BCUT2D eigenvalue weighted by Crippen LogP contribution is -2.25. The Morgan fingerprint density at radius 3 is 3.00 bits per heavy atom. The summed E-state index contributed by atoms with van der Waals surface area (Å²) in [5.74, 6) is 0.676. The summed E-state index contributed by atoms with van der Waals surface area (Å²) >= 11 is 0. The predicted octanol–water partition coefficient (Wildman–Crippen LogP) is 2.09. The molecule has 1 amide bonds. The van der Waals surface area contributed by atoms with Crippen LogP contribution in [0.15, 0.2) is 40.9 Å². The Hall–Kier alpha value is -2.89. The molecule has 112 valence electrons. The molecule has 0 aliphatic carbocycles. The molecule has 22 heavy (non-hydrogen) atoms. The van der Waals surface area contributed by atoms with E-state index in [2.05, 4.69) is 15.3 Å². The fourth-order valence-electron chi connectivity index (χ4n) is 2.19. The van der Waals surface area contributed by atoms with Gasteiger partial charge in [0, 0.05) is 30.2 Å². The number of benzene rings is 1. The smallest absolute Gasteiger partial charge is 0.287 e. The molecule has 0 atom stereocenters. The molecule has 0 spiro atoms. The quantitative estimate of drug-likeness (QED) is 0.719. The lowest BCUT2D eigenvalue weighted by atomic mass is 10.2. The molecule has 0 saturated carbocycles. The van der Waals surface area contributed by atoms with Gasteiger partial charge in [-0.3, -0.25) is 4.79 Å². The molecule has 0 saturated heterocycles. The van der Waals surface area contributed by atoms with E-state index in [4.69, 9.17) is 10.2 Å². The highest BCUT2D eigenvalue weighted by molar-refractivity contribution is 5.98. The molecule has 1 aromatic carbocycles. The maximum absolute atomic E-state index is 12.1. The van der Waals surface area contributed by atoms with Crippen LogP contribution in [0.5, 0.6) is 0 Å². The molecular formula is C16H16N4O2. The first-order chi connectivity index (χ1) is 10.6. The number of rotatable bonds is 4. The fourth-order valence-corrected chi connectivity index (χ4v) is 2.19. The normalized spacial score (nSPS) is 10.8. The summed E-state index contributed by atoms with van der Waals surface area (Å²) < 4.78 is 5.51. The van der Waals surface area contributed by atoms with E-state index in [1.165, 1.54) is 0 Å². The van der Waals surface area contributed by atoms with Crippen LogP contribution in [-0.2, 0) is 6.42 Å². The Balaban J connectivity index is 1.65. The molecule has 3 rings (SSSR count). The predicted molar refractivity (Wildman–Crippen MR) is 83.4 cm³/mol. The summed E-state index contributed by atoms with van der Waals surface area (Å²) in [4.78, 5) is 20.5. The van der Waals surface area contributed by atoms with Crippen LogP contribution in [0.2, 0.25) is 0 Å². The van der Waals surface area contributed by atoms with Gasteiger partial charge in [-0.25, -0.2) is 9.97 Å². The minimum Gasteiger partial charge on any atom is -0.449 e. The van der Waals surface area contributed by atoms with Gasteiger partial charge in [-0.2, -0.15) is 0 Å². The van der Waals surface area contributed by atoms with Crippen molar-refractivity contribution in [2.24, 2.45) is 0 Å². The number of fused-ring (bicyclic) bond motifs is 1. The van der Waals surface area contributed by atoms with E-state index in [9.17, 15) is 4.79 Å². The van der Waals surface area contributed by atoms with Crippen molar-refractivity contribution < 1.29 is 9.21 Å². The third-order valence-electron chi connectivity index (χ3n) is 3.28. The van der Waals surface area contributed by atoms with E-state index in [-0.39, 0.29) is 11.7 Å². The van der Waals surface area contributed by atoms with Crippen molar-refractivity contribution in [1.82, 2.24) is 15.3 Å². The zero-order valence-electron chi connectivity index (χ0n) is 12.2. The third kappa shape index (κ3) is 2.90. The van der Waals surface area contributed by atoms with Gasteiger partial charge < -0.3 is 15.5 Å². The highest BCUT2D eigenvalue weighted by Crippen LogP contribution is 2.24. The van der Waals surface area contributed by atoms with Crippen molar-refractivity contribution in [3.63, 3.8) is 0 Å². The fraction of sp³-hybridized carbons (Fsp3) is 0.188. The van der Waals surface area contributed by atoms with Crippen LogP contribution in [0.1, 0.15) is 22.1 Å². The molecule has 3 N–H and O–H groups in total. The van der Waals surface area contributed by atoms with Gasteiger partial charge in [-0.1, -0.05) is 12.1 Å². The van der Waals surface area contributed by atoms with E-state index < -0.39 is 0 Å². The van der Waals surface area contributed by atoms with E-state index in [0.717, 1.165) is 11.1 Å². The second-order valence-electron chi connectivity index (χ2n) is 5.00. The number of nitrogens with one attached hydrogen (secondary N) is 1. The van der Waals surface area contributed by atoms with Gasteiger partial charge in [0.1, 0.15) is 5.82 Å². The number of hydrogen-bond donors (Lipinski definition) is 2. The van der Waals surface area contributed by atoms with Crippen molar-refractivity contribution >= 4 is 22.6 Å². The van der Waals surface area contributed by atoms with Crippen LogP contribution in [0.25, 0.3) is 11.0 Å². The average molecular weight is 296 g/mol. The van der Waals surface area contributed by atoms with Gasteiger partial charge in [-0.15, -0.1) is 0 Å². The molecule has 6 nitrogen and oxygen atoms in total. The number of anilines is 1. The standard InChI is InChI=1S/C16H16N4O2/c1-10-5-7-18-14(20-10)6-8-19-16(21)13-9-11-3-2-4-12(17)15(11)22-13/h2-5,7,9H,6,8,17H2,1H3,(H,19,21). The van der Waals surface area contributed by atoms with Crippen molar-refractivity contribution in [3.8, 4) is 0 Å². The van der Waals surface area contributed by atoms with Crippen molar-refractivity contribution in [3.05, 3.63) is 53.8 Å². The third-order valence-corrected chi connectivity index (χ3v) is 3.28. The number of aromatic nitrogens is 2. The molecule has 0 radical (unpaired) electrons. The van der Waals surface area contributed by atoms with Crippen LogP contribution < -0.4 is 11.1 Å². The summed E-state index contributed by atoms with van der Waals surface area (Å²) in [6, 6.07) is 8.93. The minimum absolute atomic E-state index is 0.248. The first kappa shape index (κ1) is 14.1. The van der Waals surface area contributed by atoms with Gasteiger partial charge in [0.15, 0.2) is 11.3 Å². The van der Waals surface area contributed by atoms with E-state index >= 15 is 0 Å². The number of aryl methyl sites for hydroxylation is 1. The Morgan fingerprint density at radius 1 is 1.36 bits per heavy atom. The highest BCUT2D eigenvalue weighted by atomic mass is 16.3. The Kier molecular flexibility index (Phi) is 3.74. The monoisotopic (exact) mass is 296 g/mol. The van der Waals surface area contributed by atoms with Crippen LogP contribution >= 0.6 is 0 Å². The van der Waals surface area contributed by atoms with Crippen LogP contribution in [-0.4, -0.2) is 22.4 Å². The molecule has 2 aromatic heterocycles. The van der Waals surface area contributed by atoms with Gasteiger partial charge in [0.25, 0.3) is 5.91 Å². The Bertz CT molecular complexity index is 826. The maximum Gasteiger partial charge on any atom is 0.287 e. The summed E-state index contributed by atoms with van der Waals surface area (Å²) in [7, 11) is 0. The first-order valence-corrected chi connectivity index (χ1v) is 6.98. The van der Waals surface area contributed by atoms with E-state index in [1.54, 1.807) is 18.3 Å². The van der Waals surface area contributed by atoms with Gasteiger partial charge >= 0.3 is 0 Å². The SMILES string of the molecule is Cc1ccnc(CCNC(=O)c2cc3cccc(N)c3o2)n1. The van der Waals surface area contributed by atoms with Gasteiger partial charge in [0.05, 0.1) is 5.69 Å². The topological polar surface area (TPSA) is 94.0 Å². The molecule has 0 aliphatic heterocycles. The second-order valence-corrected chi connectivity index (χ2v) is 5.00. The Morgan fingerprint density at radius 2 is 2.23 bits per heavy atom. The number of hydrogen-bond acceptors (Lipinski definition) is 5. The number of para-hydroxylation sites is 1. The van der Waals surface area contributed by atoms with Crippen molar-refractivity contribution in [1.29, 1.82) is 0 Å². The second kappa shape index (κ2) is 5.85. The molecule has 3 aromatic rings.